The molecule has 0 fully saturated rings. The summed E-state index contributed by atoms with van der Waals surface area (Å²) >= 11 is 12.8. The average molecular weight is 750 g/mol. The van der Waals surface area contributed by atoms with Crippen LogP contribution < -0.4 is 14.7 Å². The first-order valence-corrected chi connectivity index (χ1v) is 19.8. The summed E-state index contributed by atoms with van der Waals surface area (Å²) in [6, 6.07) is 19.8. The number of allylic oxidation sites excluding steroid dienone is 6. The maximum Gasteiger partial charge on any atom is 0.187 e. The molecular weight excluding hydrogens is 699 g/mol. The molecule has 0 amide bonds. The maximum atomic E-state index is 6.62. The van der Waals surface area contributed by atoms with Gasteiger partial charge >= 0.3 is 0 Å². The van der Waals surface area contributed by atoms with E-state index in [0.29, 0.717) is 50.2 Å². The summed E-state index contributed by atoms with van der Waals surface area (Å²) < 4.78 is 13.1. The molecule has 8 heteroatoms. The van der Waals surface area contributed by atoms with Crippen molar-refractivity contribution in [1.29, 1.82) is 0 Å². The third-order valence-corrected chi connectivity index (χ3v) is 10.7. The number of hydrogen-bond donors (Lipinski definition) is 0. The Balaban J connectivity index is 1.27. The van der Waals surface area contributed by atoms with Crippen LogP contribution in [-0.4, -0.2) is 34.0 Å². The first-order valence-electron chi connectivity index (χ1n) is 19.0. The van der Waals surface area contributed by atoms with Gasteiger partial charge in [0.2, 0.25) is 0 Å². The van der Waals surface area contributed by atoms with Crippen LogP contribution in [0, 0.1) is 0 Å². The molecule has 53 heavy (non-hydrogen) atoms. The van der Waals surface area contributed by atoms with Gasteiger partial charge in [0.25, 0.3) is 0 Å². The van der Waals surface area contributed by atoms with E-state index < -0.39 is 0 Å². The van der Waals surface area contributed by atoms with E-state index >= 15 is 0 Å². The molecule has 6 rings (SSSR count). The van der Waals surface area contributed by atoms with E-state index in [1.807, 2.05) is 24.3 Å². The zero-order chi connectivity index (χ0) is 37.2. The number of methoxy groups -OCH3 is 2. The van der Waals surface area contributed by atoms with Crippen LogP contribution in [0.5, 0.6) is 11.5 Å². The van der Waals surface area contributed by atoms with Crippen LogP contribution in [-0.2, 0) is 0 Å². The van der Waals surface area contributed by atoms with Gasteiger partial charge in [-0.3, -0.25) is 0 Å². The second-order valence-electron chi connectivity index (χ2n) is 13.9. The molecule has 5 aromatic rings. The summed E-state index contributed by atoms with van der Waals surface area (Å²) in [5.74, 6) is 2.33. The Bertz CT molecular complexity index is 2170. The normalized spacial score (nSPS) is 15.4. The molecule has 0 saturated heterocycles. The summed E-state index contributed by atoms with van der Waals surface area (Å²) in [5.41, 5.74) is 7.71. The fourth-order valence-electron chi connectivity index (χ4n) is 7.21. The van der Waals surface area contributed by atoms with Crippen molar-refractivity contribution in [3.63, 3.8) is 0 Å². The van der Waals surface area contributed by atoms with Gasteiger partial charge in [-0.25, -0.2) is 0 Å². The zero-order valence-corrected chi connectivity index (χ0v) is 32.9. The van der Waals surface area contributed by atoms with Crippen molar-refractivity contribution in [1.82, 2.24) is 19.8 Å². The Hall–Kier alpha value is -4.39. The van der Waals surface area contributed by atoms with Crippen molar-refractivity contribution in [3.05, 3.63) is 117 Å². The third-order valence-electron chi connectivity index (χ3n) is 10.1. The first-order chi connectivity index (χ1) is 25.9. The molecular formula is C45H50Cl2N4O2. The number of nitrogens with zero attached hydrogens (tertiary/aromatic N) is 4. The molecule has 0 saturated carbocycles. The minimum atomic E-state index is 0.453. The van der Waals surface area contributed by atoms with Crippen molar-refractivity contribution < 1.29 is 9.47 Å². The summed E-state index contributed by atoms with van der Waals surface area (Å²) in [5, 5.41) is 16.0. The van der Waals surface area contributed by atoms with Gasteiger partial charge in [-0.1, -0.05) is 148 Å². The number of benzene rings is 3. The maximum absolute atomic E-state index is 6.62. The number of unbranched alkanes of at least 4 members (excludes halogenated alkanes) is 9. The fraction of sp³-hybridized carbons (Fsp3) is 0.356. The molecule has 3 aromatic carbocycles. The molecule has 2 heterocycles. The fourth-order valence-corrected chi connectivity index (χ4v) is 7.71. The molecule has 276 valence electrons. The van der Waals surface area contributed by atoms with Gasteiger partial charge in [-0.15, -0.1) is 10.2 Å². The monoisotopic (exact) mass is 748 g/mol. The standard InChI is InChI=1S/C45H50Cl2N4O2/c1-5-6-7-8-9-10-11-12-13-14-17-32-22-23-33(37-19-16-15-18-36(32)37)21-20-31(2)28-40-43(39-30-35(52-3)25-27-42(39)53-4)50-51-44(48-49-45(40)51)38-26-24-34(46)29-41(38)47/h15-16,18-30,32H,5-14,17H2,1-4H3. The Morgan fingerprint density at radius 2 is 1.57 bits per heavy atom. The topological polar surface area (TPSA) is 61.5 Å². The summed E-state index contributed by atoms with van der Waals surface area (Å²) in [4.78, 5) is 0. The Morgan fingerprint density at radius 1 is 0.811 bits per heavy atom. The molecule has 0 N–H and O–H groups in total. The molecule has 6 nitrogen and oxygen atoms in total. The summed E-state index contributed by atoms with van der Waals surface area (Å²) in [7, 11) is 3.30. The van der Waals surface area contributed by atoms with Crippen LogP contribution in [0.1, 0.15) is 102 Å². The van der Waals surface area contributed by atoms with Crippen LogP contribution >= 0.6 is 23.2 Å². The minimum absolute atomic E-state index is 0.453. The molecule has 1 unspecified atom stereocenters. The summed E-state index contributed by atoms with van der Waals surface area (Å²) in [6.07, 6.45) is 25.9. The van der Waals surface area contributed by atoms with Gasteiger partial charge in [0.1, 0.15) is 17.2 Å². The van der Waals surface area contributed by atoms with Crippen molar-refractivity contribution in [2.75, 3.05) is 14.2 Å². The summed E-state index contributed by atoms with van der Waals surface area (Å²) in [6.45, 7) is 4.37. The Kier molecular flexibility index (Phi) is 13.4. The smallest absolute Gasteiger partial charge is 0.187 e. The van der Waals surface area contributed by atoms with Gasteiger partial charge in [0.05, 0.1) is 19.2 Å². The number of ether oxygens (including phenoxy) is 2. The first kappa shape index (κ1) is 38.3. The lowest BCUT2D eigenvalue weighted by atomic mass is 9.82. The highest BCUT2D eigenvalue weighted by Crippen LogP contribution is 2.37. The number of aromatic nitrogens is 4. The number of hydrogen-bond acceptors (Lipinski definition) is 5. The largest absolute Gasteiger partial charge is 0.497 e. The highest BCUT2D eigenvalue weighted by atomic mass is 35.5. The predicted molar refractivity (Wildman–Crippen MR) is 221 cm³/mol. The molecule has 0 radical (unpaired) electrons. The third kappa shape index (κ3) is 9.23. The van der Waals surface area contributed by atoms with Crippen molar-refractivity contribution in [2.24, 2.45) is 0 Å². The molecule has 0 aliphatic heterocycles. The second-order valence-corrected chi connectivity index (χ2v) is 14.8. The molecule has 0 bridgehead atoms. The second kappa shape index (κ2) is 18.6. The van der Waals surface area contributed by atoms with Crippen molar-refractivity contribution >= 4 is 40.5 Å². The van der Waals surface area contributed by atoms with E-state index in [2.05, 4.69) is 78.7 Å². The van der Waals surface area contributed by atoms with Crippen LogP contribution in [0.4, 0.5) is 0 Å². The van der Waals surface area contributed by atoms with E-state index in [1.165, 1.54) is 87.3 Å². The molecule has 1 atom stereocenters. The van der Waals surface area contributed by atoms with E-state index in [0.717, 1.165) is 16.4 Å². The van der Waals surface area contributed by atoms with Gasteiger partial charge < -0.3 is 9.47 Å². The van der Waals surface area contributed by atoms with E-state index in [9.17, 15) is 0 Å². The number of halogens is 2. The number of rotatable bonds is 17. The quantitative estimate of drug-likeness (QED) is 0.0886. The van der Waals surface area contributed by atoms with Crippen LogP contribution in [0.25, 0.3) is 39.9 Å². The highest BCUT2D eigenvalue weighted by molar-refractivity contribution is 6.36. The number of fused-ring (bicyclic) bond motifs is 2. The predicted octanol–water partition coefficient (Wildman–Crippen LogP) is 12.3. The van der Waals surface area contributed by atoms with Gasteiger partial charge in [0, 0.05) is 27.3 Å². The van der Waals surface area contributed by atoms with Gasteiger partial charge in [0.15, 0.2) is 11.5 Å². The van der Waals surface area contributed by atoms with Gasteiger partial charge in [-0.05, 0) is 72.5 Å². The lowest BCUT2D eigenvalue weighted by molar-refractivity contribution is 0.404. The SMILES string of the molecule is CCCCCCCCCCCCC1C=CC(=CC=C(C)C=c2c(-c3cc(OC)ccc3OC)nn3c(-c4ccc(Cl)cc4Cl)nnc23)c2ccccc21. The van der Waals surface area contributed by atoms with Crippen molar-refractivity contribution in [3.8, 4) is 34.1 Å². The van der Waals surface area contributed by atoms with Crippen LogP contribution in [0.2, 0.25) is 10.0 Å². The Labute approximate surface area is 324 Å². The van der Waals surface area contributed by atoms with E-state index in [-0.39, 0.29) is 0 Å². The van der Waals surface area contributed by atoms with Crippen molar-refractivity contribution in [2.45, 2.75) is 90.4 Å². The van der Waals surface area contributed by atoms with E-state index in [1.54, 1.807) is 30.9 Å². The highest BCUT2D eigenvalue weighted by Gasteiger charge is 2.22. The van der Waals surface area contributed by atoms with E-state index in [4.69, 9.17) is 37.8 Å². The lowest BCUT2D eigenvalue weighted by Crippen LogP contribution is -2.05. The average Bonchev–Trinajstić information content (AvgIpc) is 3.74. The lowest BCUT2D eigenvalue weighted by Gasteiger charge is -2.22. The minimum Gasteiger partial charge on any atom is -0.497 e. The molecule has 2 aromatic heterocycles. The molecule has 0 spiro atoms. The zero-order valence-electron chi connectivity index (χ0n) is 31.4. The van der Waals surface area contributed by atoms with Gasteiger partial charge in [-0.2, -0.15) is 9.61 Å². The molecule has 1 aliphatic rings. The van der Waals surface area contributed by atoms with Crippen LogP contribution in [0.3, 0.4) is 0 Å². The molecule has 1 aliphatic carbocycles. The van der Waals surface area contributed by atoms with Crippen LogP contribution in [0.15, 0.2) is 90.5 Å². The Morgan fingerprint density at radius 3 is 2.30 bits per heavy atom.